The summed E-state index contributed by atoms with van der Waals surface area (Å²) in [5.74, 6) is 0.305. The van der Waals surface area contributed by atoms with Crippen molar-refractivity contribution >= 4 is 0 Å². The zero-order chi connectivity index (χ0) is 20.1. The Balaban J connectivity index is 1.35. The first kappa shape index (κ1) is 20.0. The summed E-state index contributed by atoms with van der Waals surface area (Å²) in [5, 5.41) is 0. The average molecular weight is 401 g/mol. The Bertz CT molecular complexity index is 736. The van der Waals surface area contributed by atoms with Gasteiger partial charge in [0.1, 0.15) is 0 Å². The molecule has 3 fully saturated rings. The molecule has 0 bridgehead atoms. The van der Waals surface area contributed by atoms with Gasteiger partial charge in [0.2, 0.25) is 0 Å². The summed E-state index contributed by atoms with van der Waals surface area (Å²) >= 11 is 0. The molecule has 0 radical (unpaired) electrons. The van der Waals surface area contributed by atoms with Crippen molar-refractivity contribution in [1.29, 1.82) is 0 Å². The molecule has 2 heterocycles. The first-order chi connectivity index (χ1) is 13.9. The first-order valence-corrected chi connectivity index (χ1v) is 11.6. The summed E-state index contributed by atoms with van der Waals surface area (Å²) in [4.78, 5) is 0. The van der Waals surface area contributed by atoms with Gasteiger partial charge in [0.05, 0.1) is 26.4 Å². The van der Waals surface area contributed by atoms with Gasteiger partial charge < -0.3 is 18.9 Å². The molecule has 0 aromatic heterocycles. The minimum absolute atomic E-state index is 0.252. The minimum atomic E-state index is -0.401. The molecule has 4 nitrogen and oxygen atoms in total. The lowest BCUT2D eigenvalue weighted by molar-refractivity contribution is -0.205. The number of rotatable bonds is 3. The fourth-order valence-electron chi connectivity index (χ4n) is 6.81. The Hall–Kier alpha value is -0.940. The molecule has 2 saturated heterocycles. The van der Waals surface area contributed by atoms with Crippen LogP contribution in [0.1, 0.15) is 65.7 Å². The van der Waals surface area contributed by atoms with Crippen molar-refractivity contribution in [2.75, 3.05) is 26.4 Å². The second-order valence-electron chi connectivity index (χ2n) is 10.1. The van der Waals surface area contributed by atoms with E-state index < -0.39 is 5.79 Å². The lowest BCUT2D eigenvalue weighted by Crippen LogP contribution is -2.45. The van der Waals surface area contributed by atoms with E-state index in [1.165, 1.54) is 36.0 Å². The van der Waals surface area contributed by atoms with Gasteiger partial charge in [0.25, 0.3) is 0 Å². The molecule has 4 heteroatoms. The summed E-state index contributed by atoms with van der Waals surface area (Å²) < 4.78 is 24.2. The molecule has 5 rings (SSSR count). The Morgan fingerprint density at radius 1 is 0.931 bits per heavy atom. The molecule has 0 aromatic rings. The molecule has 3 atom stereocenters. The fraction of sp³-hybridized carbons (Fsp3) is 0.760. The van der Waals surface area contributed by atoms with Crippen molar-refractivity contribution in [2.24, 2.45) is 17.3 Å². The Labute approximate surface area is 175 Å². The van der Waals surface area contributed by atoms with Crippen LogP contribution in [0.25, 0.3) is 0 Å². The third kappa shape index (κ3) is 3.37. The Kier molecular flexibility index (Phi) is 5.05. The second kappa shape index (κ2) is 7.33. The van der Waals surface area contributed by atoms with E-state index in [1.807, 2.05) is 0 Å². The molecule has 1 saturated carbocycles. The lowest BCUT2D eigenvalue weighted by atomic mass is 9.63. The van der Waals surface area contributed by atoms with E-state index in [0.29, 0.717) is 11.8 Å². The van der Waals surface area contributed by atoms with Crippen LogP contribution < -0.4 is 0 Å². The van der Waals surface area contributed by atoms with Gasteiger partial charge in [0, 0.05) is 18.8 Å². The van der Waals surface area contributed by atoms with Crippen LogP contribution in [0.2, 0.25) is 0 Å². The lowest BCUT2D eigenvalue weighted by Gasteiger charge is -2.45. The number of hydrogen-bond donors (Lipinski definition) is 0. The van der Waals surface area contributed by atoms with Crippen LogP contribution in [-0.2, 0) is 18.9 Å². The normalized spacial score (nSPS) is 38.8. The SMILES string of the molecule is CC1=C(/C=C\C2=CCC[C@@]3(C)C2CC[C@@H]3C2(C)OCCO2)CC2(CC1)OCCO2. The van der Waals surface area contributed by atoms with Crippen LogP contribution in [0.4, 0.5) is 0 Å². The van der Waals surface area contributed by atoms with Crippen molar-refractivity contribution in [2.45, 2.75) is 77.3 Å². The predicted molar refractivity (Wildman–Crippen MR) is 112 cm³/mol. The maximum absolute atomic E-state index is 6.10. The van der Waals surface area contributed by atoms with E-state index in [-0.39, 0.29) is 11.2 Å². The van der Waals surface area contributed by atoms with Gasteiger partial charge in [-0.1, -0.05) is 30.7 Å². The highest BCUT2D eigenvalue weighted by molar-refractivity contribution is 5.37. The summed E-state index contributed by atoms with van der Waals surface area (Å²) in [6, 6.07) is 0. The minimum Gasteiger partial charge on any atom is -0.348 e. The molecule has 1 spiro atoms. The maximum Gasteiger partial charge on any atom is 0.172 e. The monoisotopic (exact) mass is 400 g/mol. The Morgan fingerprint density at radius 3 is 2.41 bits per heavy atom. The summed E-state index contributed by atoms with van der Waals surface area (Å²) in [6.45, 7) is 9.83. The average Bonchev–Trinajstić information content (AvgIpc) is 3.42. The molecule has 2 aliphatic heterocycles. The molecule has 3 aliphatic carbocycles. The largest absolute Gasteiger partial charge is 0.348 e. The molecule has 5 aliphatic rings. The third-order valence-corrected chi connectivity index (χ3v) is 8.47. The predicted octanol–water partition coefficient (Wildman–Crippen LogP) is 5.30. The van der Waals surface area contributed by atoms with Gasteiger partial charge >= 0.3 is 0 Å². The summed E-state index contributed by atoms with van der Waals surface area (Å²) in [5.41, 5.74) is 4.64. The number of ether oxygens (including phenoxy) is 4. The molecular weight excluding hydrogens is 364 g/mol. The second-order valence-corrected chi connectivity index (χ2v) is 10.1. The first-order valence-electron chi connectivity index (χ1n) is 11.6. The Morgan fingerprint density at radius 2 is 1.66 bits per heavy atom. The van der Waals surface area contributed by atoms with Crippen molar-refractivity contribution < 1.29 is 18.9 Å². The van der Waals surface area contributed by atoms with E-state index in [0.717, 1.165) is 52.1 Å². The van der Waals surface area contributed by atoms with E-state index in [1.54, 1.807) is 0 Å². The fourth-order valence-corrected chi connectivity index (χ4v) is 6.81. The molecule has 0 amide bonds. The van der Waals surface area contributed by atoms with Crippen molar-refractivity contribution in [3.8, 4) is 0 Å². The molecule has 0 N–H and O–H groups in total. The van der Waals surface area contributed by atoms with Crippen molar-refractivity contribution in [3.63, 3.8) is 0 Å². The van der Waals surface area contributed by atoms with Crippen LogP contribution in [-0.4, -0.2) is 38.0 Å². The highest BCUT2D eigenvalue weighted by atomic mass is 16.7. The van der Waals surface area contributed by atoms with Gasteiger partial charge in [-0.05, 0) is 68.4 Å². The van der Waals surface area contributed by atoms with Gasteiger partial charge in [-0.15, -0.1) is 0 Å². The van der Waals surface area contributed by atoms with E-state index in [2.05, 4.69) is 39.0 Å². The molecular formula is C25H36O4. The topological polar surface area (TPSA) is 36.9 Å². The van der Waals surface area contributed by atoms with Gasteiger partial charge in [0.15, 0.2) is 11.6 Å². The van der Waals surface area contributed by atoms with Crippen molar-refractivity contribution in [1.82, 2.24) is 0 Å². The van der Waals surface area contributed by atoms with Gasteiger partial charge in [-0.25, -0.2) is 0 Å². The molecule has 29 heavy (non-hydrogen) atoms. The number of allylic oxidation sites excluding steroid dienone is 5. The van der Waals surface area contributed by atoms with Crippen LogP contribution in [0.5, 0.6) is 0 Å². The standard InChI is InChI=1S/C25H36O4/c1-18-10-12-25(28-15-16-29-25)17-20(18)7-6-19-5-4-11-23(2)21(19)8-9-22(23)24(3)26-13-14-27-24/h5-7,21-22H,4,8-17H2,1-3H3/b7-6-/t21?,22-,23-/m0/s1. The highest BCUT2D eigenvalue weighted by Crippen LogP contribution is 2.60. The van der Waals surface area contributed by atoms with Gasteiger partial charge in [-0.2, -0.15) is 0 Å². The maximum atomic E-state index is 6.10. The number of fused-ring (bicyclic) bond motifs is 1. The van der Waals surface area contributed by atoms with E-state index in [4.69, 9.17) is 18.9 Å². The van der Waals surface area contributed by atoms with Crippen LogP contribution >= 0.6 is 0 Å². The molecule has 160 valence electrons. The van der Waals surface area contributed by atoms with Crippen LogP contribution in [0, 0.1) is 17.3 Å². The van der Waals surface area contributed by atoms with Gasteiger partial charge in [-0.3, -0.25) is 0 Å². The van der Waals surface area contributed by atoms with Crippen LogP contribution in [0.3, 0.4) is 0 Å². The number of hydrogen-bond acceptors (Lipinski definition) is 4. The summed E-state index contributed by atoms with van der Waals surface area (Å²) in [6.07, 6.45) is 15.0. The van der Waals surface area contributed by atoms with E-state index in [9.17, 15) is 0 Å². The summed E-state index contributed by atoms with van der Waals surface area (Å²) in [7, 11) is 0. The molecule has 1 unspecified atom stereocenters. The molecule has 0 aromatic carbocycles. The highest BCUT2D eigenvalue weighted by Gasteiger charge is 2.57. The quantitative estimate of drug-likeness (QED) is 0.644. The smallest absolute Gasteiger partial charge is 0.172 e. The van der Waals surface area contributed by atoms with E-state index >= 15 is 0 Å². The van der Waals surface area contributed by atoms with Crippen LogP contribution in [0.15, 0.2) is 34.9 Å². The third-order valence-electron chi connectivity index (χ3n) is 8.47. The zero-order valence-corrected chi connectivity index (χ0v) is 18.3. The zero-order valence-electron chi connectivity index (χ0n) is 18.3. The van der Waals surface area contributed by atoms with Crippen molar-refractivity contribution in [3.05, 3.63) is 34.9 Å².